The molecule has 1 N–H and O–H groups in total. The second-order valence-electron chi connectivity index (χ2n) is 24.0. The third-order valence-electron chi connectivity index (χ3n) is 19.7. The highest BCUT2D eigenvalue weighted by Crippen LogP contribution is 2.47. The molecule has 1 heterocycles. The lowest BCUT2D eigenvalue weighted by atomic mass is 9.65. The maximum atomic E-state index is 4.25. The number of hydrogen-bond acceptors (Lipinski definition) is 3. The van der Waals surface area contributed by atoms with Crippen LogP contribution >= 0.6 is 0 Å². The Labute approximate surface area is 370 Å². The van der Waals surface area contributed by atoms with Gasteiger partial charge in [0, 0.05) is 48.0 Å². The van der Waals surface area contributed by atoms with Gasteiger partial charge in [0.15, 0.2) is 0 Å². The maximum absolute atomic E-state index is 4.25. The zero-order valence-electron chi connectivity index (χ0n) is 39.6. The fourth-order valence-electron chi connectivity index (χ4n) is 15.6. The minimum absolute atomic E-state index is 0.550. The zero-order valence-corrected chi connectivity index (χ0v) is 39.6. The highest BCUT2D eigenvalue weighted by atomic mass is 15.2. The predicted octanol–water partition coefficient (Wildman–Crippen LogP) is 15.2. The van der Waals surface area contributed by atoms with Crippen LogP contribution in [0.1, 0.15) is 226 Å². The van der Waals surface area contributed by atoms with Crippen LogP contribution in [0.4, 0.5) is 5.69 Å². The van der Waals surface area contributed by atoms with Crippen molar-refractivity contribution in [2.45, 2.75) is 256 Å². The Kier molecular flexibility index (Phi) is 15.1. The summed E-state index contributed by atoms with van der Waals surface area (Å²) in [5.41, 5.74) is 3.08. The molecule has 4 unspecified atom stereocenters. The van der Waals surface area contributed by atoms with Crippen molar-refractivity contribution in [1.82, 2.24) is 10.2 Å². The molecule has 7 aliphatic carbocycles. The van der Waals surface area contributed by atoms with Crippen molar-refractivity contribution < 1.29 is 0 Å². The van der Waals surface area contributed by atoms with Gasteiger partial charge in [-0.05, 0) is 257 Å². The molecule has 4 atom stereocenters. The molecule has 7 saturated carbocycles. The third kappa shape index (κ3) is 10.8. The molecule has 8 aliphatic rings. The summed E-state index contributed by atoms with van der Waals surface area (Å²) < 4.78 is 0. The van der Waals surface area contributed by atoms with Gasteiger partial charge in [0.2, 0.25) is 0 Å². The molecule has 0 bridgehead atoms. The van der Waals surface area contributed by atoms with Crippen LogP contribution in [0.2, 0.25) is 0 Å². The molecular formula is C57H93N3. The number of nitrogens with one attached hydrogen (secondary N) is 1. The third-order valence-corrected chi connectivity index (χ3v) is 19.7. The van der Waals surface area contributed by atoms with Crippen LogP contribution in [0.5, 0.6) is 0 Å². The standard InChI is InChI=1S/C57H93N3/c1-40-5-25-50(26-6-40)59(51-27-7-41(2)8-28-51)54-33-17-45(18-34-54)14-13-44-15-19-46(20-16-44)48-23-37-57-49(39-48)24-38-56(58-57)47-21-35-55(36-22-47)60(52-29-9-42(3)10-30-52)53-31-11-43(4)12-32-53/h13-14,21-22,35-36,40-46,48-54,56-58H,5-12,15-20,23-34,37-39H2,1-4H3/b14-13+. The predicted molar refractivity (Wildman–Crippen MR) is 257 cm³/mol. The van der Waals surface area contributed by atoms with E-state index in [1.165, 1.54) is 192 Å². The Morgan fingerprint density at radius 1 is 0.400 bits per heavy atom. The van der Waals surface area contributed by atoms with Crippen LogP contribution < -0.4 is 10.2 Å². The largest absolute Gasteiger partial charge is 0.366 e. The van der Waals surface area contributed by atoms with Crippen molar-refractivity contribution in [2.24, 2.45) is 53.3 Å². The molecule has 8 fully saturated rings. The Morgan fingerprint density at radius 3 is 1.28 bits per heavy atom. The quantitative estimate of drug-likeness (QED) is 0.237. The van der Waals surface area contributed by atoms with Crippen molar-refractivity contribution in [3.63, 3.8) is 0 Å². The van der Waals surface area contributed by atoms with Gasteiger partial charge in [0.25, 0.3) is 0 Å². The Morgan fingerprint density at radius 2 is 0.800 bits per heavy atom. The second kappa shape index (κ2) is 20.7. The van der Waals surface area contributed by atoms with Crippen molar-refractivity contribution in [3.05, 3.63) is 42.0 Å². The SMILES string of the molecule is CC1CCC(N(c2ccc(C3CCC4CC(C5CCC(/C=C/C6CCC(N(C7CCC(C)CC7)C7CCC(C)CC7)CC6)CC5)CCC4N3)cc2)C2CCC(C)CC2)CC1. The summed E-state index contributed by atoms with van der Waals surface area (Å²) >= 11 is 0. The average Bonchev–Trinajstić information content (AvgIpc) is 3.29. The van der Waals surface area contributed by atoms with Gasteiger partial charge in [-0.1, -0.05) is 52.0 Å². The molecule has 0 aromatic heterocycles. The van der Waals surface area contributed by atoms with Crippen LogP contribution in [-0.2, 0) is 0 Å². The number of nitrogens with zero attached hydrogens (tertiary/aromatic N) is 2. The number of allylic oxidation sites excluding steroid dienone is 2. The summed E-state index contributed by atoms with van der Waals surface area (Å²) in [5, 5.41) is 4.25. The van der Waals surface area contributed by atoms with Crippen molar-refractivity contribution in [1.29, 1.82) is 0 Å². The van der Waals surface area contributed by atoms with Gasteiger partial charge in [0.1, 0.15) is 0 Å². The van der Waals surface area contributed by atoms with Crippen LogP contribution in [0, 0.1) is 53.3 Å². The zero-order chi connectivity index (χ0) is 41.0. The van der Waals surface area contributed by atoms with Gasteiger partial charge >= 0.3 is 0 Å². The van der Waals surface area contributed by atoms with E-state index in [1.807, 2.05) is 0 Å². The number of hydrogen-bond donors (Lipinski definition) is 1. The van der Waals surface area contributed by atoms with E-state index in [0.717, 1.165) is 89.5 Å². The lowest BCUT2D eigenvalue weighted by Gasteiger charge is -2.49. The summed E-state index contributed by atoms with van der Waals surface area (Å²) in [7, 11) is 0. The molecule has 0 spiro atoms. The normalized spacial score (nSPS) is 43.4. The number of anilines is 1. The smallest absolute Gasteiger partial charge is 0.0371 e. The first-order valence-corrected chi connectivity index (χ1v) is 27.4. The molecule has 1 aromatic rings. The van der Waals surface area contributed by atoms with Crippen LogP contribution in [-0.4, -0.2) is 41.2 Å². The number of benzene rings is 1. The Balaban J connectivity index is 0.714. The molecule has 1 aromatic carbocycles. The molecule has 1 saturated heterocycles. The molecule has 1 aliphatic heterocycles. The van der Waals surface area contributed by atoms with Crippen molar-refractivity contribution in [2.75, 3.05) is 4.90 Å². The molecule has 3 heteroatoms. The molecule has 0 amide bonds. The molecule has 0 radical (unpaired) electrons. The second-order valence-corrected chi connectivity index (χ2v) is 24.0. The van der Waals surface area contributed by atoms with Gasteiger partial charge in [-0.2, -0.15) is 0 Å². The van der Waals surface area contributed by atoms with E-state index in [1.54, 1.807) is 5.56 Å². The van der Waals surface area contributed by atoms with Crippen molar-refractivity contribution in [3.8, 4) is 0 Å². The van der Waals surface area contributed by atoms with E-state index >= 15 is 0 Å². The first-order valence-electron chi connectivity index (χ1n) is 27.4. The average molecular weight is 820 g/mol. The van der Waals surface area contributed by atoms with Crippen molar-refractivity contribution >= 4 is 5.69 Å². The van der Waals surface area contributed by atoms with E-state index in [2.05, 4.69) is 79.2 Å². The number of piperidine rings is 1. The Bertz CT molecular complexity index is 1390. The van der Waals surface area contributed by atoms with Gasteiger partial charge in [-0.15, -0.1) is 0 Å². The maximum Gasteiger partial charge on any atom is 0.0371 e. The fraction of sp³-hybridized carbons (Fsp3) is 0.860. The molecule has 9 rings (SSSR count). The van der Waals surface area contributed by atoms with Gasteiger partial charge in [-0.3, -0.25) is 4.90 Å². The van der Waals surface area contributed by atoms with Gasteiger partial charge in [-0.25, -0.2) is 0 Å². The summed E-state index contributed by atoms with van der Waals surface area (Å²) in [6, 6.07) is 15.6. The summed E-state index contributed by atoms with van der Waals surface area (Å²) in [5.74, 6) is 8.34. The van der Waals surface area contributed by atoms with Crippen LogP contribution in [0.25, 0.3) is 0 Å². The summed E-state index contributed by atoms with van der Waals surface area (Å²) in [6.45, 7) is 9.95. The fourth-order valence-corrected chi connectivity index (χ4v) is 15.6. The van der Waals surface area contributed by atoms with E-state index < -0.39 is 0 Å². The minimum Gasteiger partial charge on any atom is -0.366 e. The minimum atomic E-state index is 0.550. The lowest BCUT2D eigenvalue weighted by Crippen LogP contribution is -2.52. The molecule has 336 valence electrons. The highest BCUT2D eigenvalue weighted by Gasteiger charge is 2.40. The van der Waals surface area contributed by atoms with E-state index in [-0.39, 0.29) is 0 Å². The van der Waals surface area contributed by atoms with Crippen LogP contribution in [0.3, 0.4) is 0 Å². The first-order chi connectivity index (χ1) is 29.3. The highest BCUT2D eigenvalue weighted by molar-refractivity contribution is 5.50. The van der Waals surface area contributed by atoms with Crippen LogP contribution in [0.15, 0.2) is 36.4 Å². The van der Waals surface area contributed by atoms with E-state index in [0.29, 0.717) is 6.04 Å². The Hall–Kier alpha value is -1.32. The molecule has 3 nitrogen and oxygen atoms in total. The van der Waals surface area contributed by atoms with Gasteiger partial charge < -0.3 is 10.2 Å². The lowest BCUT2D eigenvalue weighted by molar-refractivity contribution is 0.00813. The topological polar surface area (TPSA) is 18.5 Å². The summed E-state index contributed by atoms with van der Waals surface area (Å²) in [4.78, 5) is 6.11. The number of rotatable bonds is 10. The first kappa shape index (κ1) is 43.9. The van der Waals surface area contributed by atoms with Gasteiger partial charge in [0.05, 0.1) is 0 Å². The van der Waals surface area contributed by atoms with E-state index in [4.69, 9.17) is 0 Å². The van der Waals surface area contributed by atoms with E-state index in [9.17, 15) is 0 Å². The monoisotopic (exact) mass is 820 g/mol. The molecular weight excluding hydrogens is 727 g/mol. The summed E-state index contributed by atoms with van der Waals surface area (Å²) in [6.07, 6.45) is 47.4. The molecule has 60 heavy (non-hydrogen) atoms. The number of fused-ring (bicyclic) bond motifs is 1.